The quantitative estimate of drug-likeness (QED) is 0.274. The highest BCUT2D eigenvalue weighted by atomic mass is 35.5. The van der Waals surface area contributed by atoms with Crippen molar-refractivity contribution in [1.29, 1.82) is 5.26 Å². The Morgan fingerprint density at radius 1 is 0.697 bits per heavy atom. The average molecular weight is 466 g/mol. The van der Waals surface area contributed by atoms with Crippen LogP contribution in [0.5, 0.6) is 0 Å². The van der Waals surface area contributed by atoms with Gasteiger partial charge in [-0.25, -0.2) is 0 Å². The molecule has 0 aliphatic rings. The molecule has 0 fully saturated rings. The third kappa shape index (κ3) is 4.48. The summed E-state index contributed by atoms with van der Waals surface area (Å²) in [7, 11) is 0. The molecule has 160 valence electrons. The summed E-state index contributed by atoms with van der Waals surface area (Å²) in [4.78, 5) is 13.7. The summed E-state index contributed by atoms with van der Waals surface area (Å²) in [6.07, 6.45) is 3.14. The van der Waals surface area contributed by atoms with Crippen molar-refractivity contribution in [2.75, 3.05) is 0 Å². The molecule has 2 nitrogen and oxygen atoms in total. The number of hydrogen-bond acceptors (Lipinski definition) is 2. The lowest BCUT2D eigenvalue weighted by atomic mass is 10.2. The third-order valence-corrected chi connectivity index (χ3v) is 9.98. The minimum absolute atomic E-state index is 0.231. The molecule has 0 bridgehead atoms. The number of ketones is 1. The van der Waals surface area contributed by atoms with E-state index in [1.807, 2.05) is 109 Å². The molecule has 0 radical (unpaired) electrons. The van der Waals surface area contributed by atoms with Crippen LogP contribution in [0.15, 0.2) is 121 Å². The lowest BCUT2D eigenvalue weighted by Gasteiger charge is -2.29. The Kier molecular flexibility index (Phi) is 7.06. The van der Waals surface area contributed by atoms with E-state index in [2.05, 4.69) is 6.07 Å². The van der Waals surface area contributed by atoms with Gasteiger partial charge in [0.1, 0.15) is 11.4 Å². The second-order valence-corrected chi connectivity index (χ2v) is 11.1. The lowest BCUT2D eigenvalue weighted by Crippen LogP contribution is -2.32. The molecular weight excluding hydrogens is 445 g/mol. The van der Waals surface area contributed by atoms with E-state index < -0.39 is 6.89 Å². The van der Waals surface area contributed by atoms with Crippen LogP contribution in [0.3, 0.4) is 0 Å². The van der Waals surface area contributed by atoms with Crippen LogP contribution in [0.4, 0.5) is 0 Å². The number of carbonyl (C=O) groups excluding carboxylic acids is 1. The van der Waals surface area contributed by atoms with Gasteiger partial charge in [-0.2, -0.15) is 5.26 Å². The van der Waals surface area contributed by atoms with E-state index in [-0.39, 0.29) is 11.1 Å². The van der Waals surface area contributed by atoms with Gasteiger partial charge in [0, 0.05) is 5.02 Å². The van der Waals surface area contributed by atoms with Gasteiger partial charge in [-0.1, -0.05) is 121 Å². The largest absolute Gasteiger partial charge is 0.288 e. The van der Waals surface area contributed by atoms with Gasteiger partial charge in [0.15, 0.2) is 5.78 Å². The molecule has 0 atom stereocenters. The SMILES string of the molecule is N#CC(C(=O)/C=C/c1ccccc1Cl)=P(c1ccccc1)(c1ccccc1)c1ccccc1. The van der Waals surface area contributed by atoms with E-state index in [1.165, 1.54) is 6.08 Å². The maximum atomic E-state index is 13.7. The summed E-state index contributed by atoms with van der Waals surface area (Å²) in [5, 5.41) is 14.1. The maximum Gasteiger partial charge on any atom is 0.197 e. The molecule has 0 unspecified atom stereocenters. The van der Waals surface area contributed by atoms with E-state index in [9.17, 15) is 10.1 Å². The Balaban J connectivity index is 2.07. The van der Waals surface area contributed by atoms with Crippen molar-refractivity contribution in [1.82, 2.24) is 0 Å². The van der Waals surface area contributed by atoms with E-state index in [0.717, 1.165) is 21.5 Å². The van der Waals surface area contributed by atoms with Crippen molar-refractivity contribution >= 4 is 51.6 Å². The predicted molar refractivity (Wildman–Crippen MR) is 141 cm³/mol. The Bertz CT molecular complexity index is 1280. The third-order valence-electron chi connectivity index (χ3n) is 5.42. The van der Waals surface area contributed by atoms with Crippen LogP contribution in [0.1, 0.15) is 5.56 Å². The van der Waals surface area contributed by atoms with Crippen LogP contribution >= 0.6 is 18.5 Å². The minimum Gasteiger partial charge on any atom is -0.288 e. The summed E-state index contributed by atoms with van der Waals surface area (Å²) in [6, 6.07) is 39.2. The first-order valence-electron chi connectivity index (χ1n) is 10.5. The van der Waals surface area contributed by atoms with Gasteiger partial charge in [0.05, 0.1) is 0 Å². The van der Waals surface area contributed by atoms with Crippen molar-refractivity contribution in [2.45, 2.75) is 0 Å². The summed E-state index contributed by atoms with van der Waals surface area (Å²) < 4.78 is 0. The zero-order chi connectivity index (χ0) is 23.1. The van der Waals surface area contributed by atoms with Crippen LogP contribution in [0.25, 0.3) is 6.08 Å². The fourth-order valence-electron chi connectivity index (χ4n) is 3.94. The van der Waals surface area contributed by atoms with Gasteiger partial charge >= 0.3 is 0 Å². The second kappa shape index (κ2) is 10.3. The van der Waals surface area contributed by atoms with Crippen LogP contribution in [-0.2, 0) is 4.79 Å². The normalized spacial score (nSPS) is 11.2. The molecule has 4 rings (SSSR count). The molecule has 0 aromatic heterocycles. The molecule has 0 heterocycles. The molecule has 4 heteroatoms. The van der Waals surface area contributed by atoms with Crippen molar-refractivity contribution in [3.05, 3.63) is 132 Å². The highest BCUT2D eigenvalue weighted by Gasteiger charge is 2.32. The van der Waals surface area contributed by atoms with Crippen LogP contribution in [0.2, 0.25) is 5.02 Å². The number of halogens is 1. The molecule has 33 heavy (non-hydrogen) atoms. The van der Waals surface area contributed by atoms with E-state index in [0.29, 0.717) is 5.02 Å². The van der Waals surface area contributed by atoms with Gasteiger partial charge in [0.2, 0.25) is 0 Å². The van der Waals surface area contributed by atoms with Crippen molar-refractivity contribution in [3.8, 4) is 6.07 Å². The first-order valence-corrected chi connectivity index (χ1v) is 12.6. The summed E-state index contributed by atoms with van der Waals surface area (Å²) in [5.41, 5.74) is 0.730. The predicted octanol–water partition coefficient (Wildman–Crippen LogP) is 5.61. The molecule has 4 aromatic rings. The van der Waals surface area contributed by atoms with E-state index >= 15 is 0 Å². The summed E-state index contributed by atoms with van der Waals surface area (Å²) >= 11 is 6.27. The molecule has 0 saturated heterocycles. The minimum atomic E-state index is -2.73. The van der Waals surface area contributed by atoms with Gasteiger partial charge in [-0.3, -0.25) is 4.79 Å². The summed E-state index contributed by atoms with van der Waals surface area (Å²) in [5.74, 6) is -0.317. The number of allylic oxidation sites excluding steroid dienone is 1. The first kappa shape index (κ1) is 22.6. The van der Waals surface area contributed by atoms with Gasteiger partial charge in [0.25, 0.3) is 0 Å². The Morgan fingerprint density at radius 2 is 1.12 bits per heavy atom. The smallest absolute Gasteiger partial charge is 0.197 e. The average Bonchev–Trinajstić information content (AvgIpc) is 2.88. The van der Waals surface area contributed by atoms with Gasteiger partial charge in [-0.05, 0) is 46.6 Å². The highest BCUT2D eigenvalue weighted by molar-refractivity contribution is 7.97. The lowest BCUT2D eigenvalue weighted by molar-refractivity contribution is -0.108. The van der Waals surface area contributed by atoms with E-state index in [1.54, 1.807) is 12.1 Å². The number of nitriles is 1. The zero-order valence-electron chi connectivity index (χ0n) is 17.8. The Labute approximate surface area is 199 Å². The molecule has 0 amide bonds. The van der Waals surface area contributed by atoms with Crippen molar-refractivity contribution in [3.63, 3.8) is 0 Å². The molecular formula is C29H21ClNOP. The monoisotopic (exact) mass is 465 g/mol. The Morgan fingerprint density at radius 3 is 1.55 bits per heavy atom. The number of hydrogen-bond donors (Lipinski definition) is 0. The molecule has 0 aliphatic heterocycles. The summed E-state index contributed by atoms with van der Waals surface area (Å²) in [6.45, 7) is -2.73. The van der Waals surface area contributed by atoms with E-state index in [4.69, 9.17) is 11.6 Å². The first-order chi connectivity index (χ1) is 16.2. The topological polar surface area (TPSA) is 40.9 Å². The maximum absolute atomic E-state index is 13.7. The van der Waals surface area contributed by atoms with Crippen molar-refractivity contribution in [2.24, 2.45) is 0 Å². The second-order valence-electron chi connectivity index (χ2n) is 7.36. The number of nitrogens with zero attached hydrogens (tertiary/aromatic N) is 1. The zero-order valence-corrected chi connectivity index (χ0v) is 19.5. The number of rotatable bonds is 6. The standard InChI is InChI=1S/C29H21ClNOP/c30-27-19-11-10-12-23(27)20-21-28(32)29(22-31)33(24-13-4-1-5-14-24,25-15-6-2-7-16-25)26-17-8-3-9-18-26/h1-21H/b21-20+. The molecule has 0 saturated carbocycles. The van der Waals surface area contributed by atoms with Crippen molar-refractivity contribution < 1.29 is 4.79 Å². The molecule has 4 aromatic carbocycles. The number of carbonyl (C=O) groups is 1. The molecule has 0 aliphatic carbocycles. The fraction of sp³-hybridized carbons (Fsp3) is 0. The highest BCUT2D eigenvalue weighted by Crippen LogP contribution is 2.46. The molecule has 0 N–H and O–H groups in total. The fourth-order valence-corrected chi connectivity index (χ4v) is 8.22. The number of benzene rings is 4. The Hall–Kier alpha value is -3.63. The van der Waals surface area contributed by atoms with Crippen LogP contribution in [0, 0.1) is 11.3 Å². The van der Waals surface area contributed by atoms with Gasteiger partial charge in [-0.15, -0.1) is 0 Å². The van der Waals surface area contributed by atoms with Gasteiger partial charge < -0.3 is 0 Å². The van der Waals surface area contributed by atoms with Crippen LogP contribution in [-0.4, -0.2) is 11.1 Å². The molecule has 0 spiro atoms. The van der Waals surface area contributed by atoms with Crippen LogP contribution < -0.4 is 15.9 Å².